The predicted octanol–water partition coefficient (Wildman–Crippen LogP) is 1.49. The van der Waals surface area contributed by atoms with Gasteiger partial charge in [0.1, 0.15) is 5.69 Å². The minimum Gasteiger partial charge on any atom is -0.379 e. The molecule has 1 atom stereocenters. The zero-order valence-corrected chi connectivity index (χ0v) is 12.3. The molecule has 1 amide bonds. The van der Waals surface area contributed by atoms with Crippen LogP contribution in [0.4, 0.5) is 13.2 Å². The van der Waals surface area contributed by atoms with E-state index in [9.17, 15) is 23.1 Å². The third kappa shape index (κ3) is 3.57. The van der Waals surface area contributed by atoms with Gasteiger partial charge in [-0.1, -0.05) is 12.1 Å². The first-order valence-corrected chi connectivity index (χ1v) is 7.21. The van der Waals surface area contributed by atoms with Crippen molar-refractivity contribution in [1.29, 1.82) is 0 Å². The van der Waals surface area contributed by atoms with Crippen molar-refractivity contribution < 1.29 is 23.1 Å². The van der Waals surface area contributed by atoms with Crippen molar-refractivity contribution >= 4 is 5.91 Å². The van der Waals surface area contributed by atoms with Crippen molar-refractivity contribution in [3.05, 3.63) is 11.9 Å². The molecule has 1 saturated heterocycles. The van der Waals surface area contributed by atoms with Gasteiger partial charge in [-0.25, -0.2) is 4.68 Å². The Bertz CT molecular complexity index is 532. The van der Waals surface area contributed by atoms with Gasteiger partial charge >= 0.3 is 6.18 Å². The molecule has 1 aromatic heterocycles. The molecule has 0 aromatic carbocycles. The minimum atomic E-state index is -4.74. The number of piperidine rings is 1. The van der Waals surface area contributed by atoms with Crippen LogP contribution in [0.15, 0.2) is 6.20 Å². The molecule has 1 unspecified atom stereocenters. The van der Waals surface area contributed by atoms with Gasteiger partial charge in [0.05, 0.1) is 19.3 Å². The quantitative estimate of drug-likeness (QED) is 0.892. The minimum absolute atomic E-state index is 0.0150. The van der Waals surface area contributed by atoms with E-state index in [1.165, 1.54) is 13.1 Å². The maximum atomic E-state index is 12.9. The van der Waals surface area contributed by atoms with Gasteiger partial charge < -0.3 is 10.0 Å². The number of alkyl halides is 3. The van der Waals surface area contributed by atoms with Crippen LogP contribution in [0.5, 0.6) is 0 Å². The number of nitrogens with zero attached hydrogens (tertiary/aromatic N) is 4. The number of halogens is 3. The number of amides is 1. The Morgan fingerprint density at radius 2 is 2.09 bits per heavy atom. The lowest BCUT2D eigenvalue weighted by atomic mass is 10.0. The highest BCUT2D eigenvalue weighted by molar-refractivity contribution is 5.76. The Morgan fingerprint density at radius 1 is 1.36 bits per heavy atom. The number of hydrogen-bond donors (Lipinski definition) is 1. The highest BCUT2D eigenvalue weighted by Crippen LogP contribution is 2.34. The predicted molar refractivity (Wildman–Crippen MR) is 70.6 cm³/mol. The molecule has 2 heterocycles. The highest BCUT2D eigenvalue weighted by atomic mass is 19.4. The van der Waals surface area contributed by atoms with Crippen LogP contribution in [0.2, 0.25) is 0 Å². The molecule has 2 rings (SSSR count). The number of aromatic nitrogens is 3. The summed E-state index contributed by atoms with van der Waals surface area (Å²) in [6.45, 7) is 1.40. The zero-order chi connectivity index (χ0) is 16.4. The number of likely N-dealkylation sites (tertiary alicyclic amines) is 1. The summed E-state index contributed by atoms with van der Waals surface area (Å²) in [7, 11) is 0. The Balaban J connectivity index is 2.03. The van der Waals surface area contributed by atoms with E-state index in [2.05, 4.69) is 10.3 Å². The summed E-state index contributed by atoms with van der Waals surface area (Å²) in [6.07, 6.45) is -1.63. The smallest absolute Gasteiger partial charge is 0.379 e. The summed E-state index contributed by atoms with van der Waals surface area (Å²) in [4.78, 5) is 13.3. The Kier molecular flexibility index (Phi) is 4.74. The van der Waals surface area contributed by atoms with E-state index in [1.54, 1.807) is 4.90 Å². The maximum absolute atomic E-state index is 12.9. The van der Waals surface area contributed by atoms with Gasteiger partial charge in [0, 0.05) is 13.0 Å². The molecule has 0 radical (unpaired) electrons. The summed E-state index contributed by atoms with van der Waals surface area (Å²) >= 11 is 0. The average Bonchev–Trinajstić information content (AvgIpc) is 2.87. The lowest BCUT2D eigenvalue weighted by Crippen LogP contribution is -2.48. The summed E-state index contributed by atoms with van der Waals surface area (Å²) in [5.74, 6) is 0.0150. The molecule has 1 aromatic rings. The third-order valence-corrected chi connectivity index (χ3v) is 3.90. The molecule has 0 aliphatic carbocycles. The second-order valence-electron chi connectivity index (χ2n) is 5.56. The molecule has 0 saturated carbocycles. The Morgan fingerprint density at radius 3 is 2.68 bits per heavy atom. The van der Waals surface area contributed by atoms with Crippen LogP contribution in [0.1, 0.15) is 38.3 Å². The van der Waals surface area contributed by atoms with Crippen LogP contribution in [0.3, 0.4) is 0 Å². The highest BCUT2D eigenvalue weighted by Gasteiger charge is 2.52. The van der Waals surface area contributed by atoms with Gasteiger partial charge in [-0.3, -0.25) is 4.79 Å². The third-order valence-electron chi connectivity index (χ3n) is 3.90. The van der Waals surface area contributed by atoms with E-state index in [1.807, 2.05) is 0 Å². The van der Waals surface area contributed by atoms with Crippen molar-refractivity contribution in [2.24, 2.45) is 0 Å². The molecular weight excluding hydrogens is 301 g/mol. The lowest BCUT2D eigenvalue weighted by molar-refractivity contribution is -0.266. The summed E-state index contributed by atoms with van der Waals surface area (Å²) < 4.78 is 39.5. The number of hydrogen-bond acceptors (Lipinski definition) is 4. The second-order valence-corrected chi connectivity index (χ2v) is 5.56. The topological polar surface area (TPSA) is 71.2 Å². The average molecular weight is 320 g/mol. The number of carbonyl (C=O) groups excluding carboxylic acids is 1. The summed E-state index contributed by atoms with van der Waals surface area (Å²) in [6, 6.07) is 0. The van der Waals surface area contributed by atoms with Crippen molar-refractivity contribution in [3.8, 4) is 0 Å². The molecule has 22 heavy (non-hydrogen) atoms. The van der Waals surface area contributed by atoms with Gasteiger partial charge in [-0.2, -0.15) is 13.2 Å². The van der Waals surface area contributed by atoms with Crippen LogP contribution in [0, 0.1) is 0 Å². The van der Waals surface area contributed by atoms with E-state index in [-0.39, 0.29) is 12.5 Å². The van der Waals surface area contributed by atoms with Gasteiger partial charge in [-0.05, 0) is 19.3 Å². The van der Waals surface area contributed by atoms with Crippen LogP contribution in [0.25, 0.3) is 0 Å². The zero-order valence-electron chi connectivity index (χ0n) is 12.3. The van der Waals surface area contributed by atoms with Gasteiger partial charge in [0.2, 0.25) is 5.91 Å². The SMILES string of the molecule is CCC(O)(Cn1cc(CN2CCCCC2=O)nn1)C(F)(F)F. The van der Waals surface area contributed by atoms with Crippen molar-refractivity contribution in [1.82, 2.24) is 19.9 Å². The number of carbonyl (C=O) groups is 1. The van der Waals surface area contributed by atoms with E-state index in [0.717, 1.165) is 17.5 Å². The Hall–Kier alpha value is -1.64. The molecule has 0 spiro atoms. The Labute approximate surface area is 125 Å². The molecule has 6 nitrogen and oxygen atoms in total. The van der Waals surface area contributed by atoms with Gasteiger partial charge in [-0.15, -0.1) is 5.10 Å². The molecule has 9 heteroatoms. The van der Waals surface area contributed by atoms with Gasteiger partial charge in [0.25, 0.3) is 0 Å². The van der Waals surface area contributed by atoms with E-state index >= 15 is 0 Å². The van der Waals surface area contributed by atoms with Gasteiger partial charge in [0.15, 0.2) is 5.60 Å². The van der Waals surface area contributed by atoms with Crippen molar-refractivity contribution in [2.75, 3.05) is 6.54 Å². The monoisotopic (exact) mass is 320 g/mol. The molecule has 1 aliphatic heterocycles. The van der Waals surface area contributed by atoms with Crippen LogP contribution in [-0.2, 0) is 17.9 Å². The summed E-state index contributed by atoms with van der Waals surface area (Å²) in [5, 5.41) is 17.1. The van der Waals surface area contributed by atoms with Crippen molar-refractivity contribution in [3.63, 3.8) is 0 Å². The van der Waals surface area contributed by atoms with E-state index in [4.69, 9.17) is 0 Å². The first-order valence-electron chi connectivity index (χ1n) is 7.21. The standard InChI is InChI=1S/C13H19F3N4O2/c1-2-12(22,13(14,15)16)9-20-8-10(17-18-20)7-19-6-4-3-5-11(19)21/h8,22H,2-7,9H2,1H3. The molecular formula is C13H19F3N4O2. The first-order chi connectivity index (χ1) is 10.2. The largest absolute Gasteiger partial charge is 0.419 e. The normalized spacial score (nSPS) is 19.3. The number of rotatable bonds is 5. The van der Waals surface area contributed by atoms with Crippen molar-refractivity contribution in [2.45, 2.75) is 57.5 Å². The fraction of sp³-hybridized carbons (Fsp3) is 0.769. The summed E-state index contributed by atoms with van der Waals surface area (Å²) in [5.41, 5.74) is -2.42. The first kappa shape index (κ1) is 16.7. The fourth-order valence-electron chi connectivity index (χ4n) is 2.38. The molecule has 0 bridgehead atoms. The van der Waals surface area contributed by atoms with Crippen LogP contribution >= 0.6 is 0 Å². The molecule has 1 aliphatic rings. The second kappa shape index (κ2) is 6.23. The molecule has 1 N–H and O–H groups in total. The lowest BCUT2D eigenvalue weighted by Gasteiger charge is -2.28. The van der Waals surface area contributed by atoms with E-state index < -0.39 is 24.7 Å². The van der Waals surface area contributed by atoms with Crippen LogP contribution in [-0.4, -0.2) is 49.2 Å². The fourth-order valence-corrected chi connectivity index (χ4v) is 2.38. The molecule has 1 fully saturated rings. The maximum Gasteiger partial charge on any atom is 0.419 e. The number of aliphatic hydroxyl groups is 1. The molecule has 124 valence electrons. The van der Waals surface area contributed by atoms with E-state index in [0.29, 0.717) is 18.7 Å². The van der Waals surface area contributed by atoms with Crippen LogP contribution < -0.4 is 0 Å².